The summed E-state index contributed by atoms with van der Waals surface area (Å²) in [5.74, 6) is 0.744. The monoisotopic (exact) mass is 226 g/mol. The van der Waals surface area contributed by atoms with E-state index in [9.17, 15) is 0 Å². The Hall–Kier alpha value is -0.120. The molecule has 16 heavy (non-hydrogen) atoms. The SMILES string of the molecule is COC1CCC(N2CCCC(CN)C2)CC1. The van der Waals surface area contributed by atoms with Gasteiger partial charge in [-0.3, -0.25) is 0 Å². The van der Waals surface area contributed by atoms with Gasteiger partial charge in [-0.1, -0.05) is 0 Å². The van der Waals surface area contributed by atoms with Crippen LogP contribution in [0.4, 0.5) is 0 Å². The van der Waals surface area contributed by atoms with E-state index in [1.54, 1.807) is 0 Å². The first-order valence-electron chi connectivity index (χ1n) is 6.80. The number of nitrogens with zero attached hydrogens (tertiary/aromatic N) is 1. The number of likely N-dealkylation sites (tertiary alicyclic amines) is 1. The first-order valence-corrected chi connectivity index (χ1v) is 6.80. The molecule has 1 heterocycles. The lowest BCUT2D eigenvalue weighted by atomic mass is 9.89. The topological polar surface area (TPSA) is 38.5 Å². The van der Waals surface area contributed by atoms with E-state index >= 15 is 0 Å². The quantitative estimate of drug-likeness (QED) is 0.794. The molecule has 1 aliphatic heterocycles. The minimum atomic E-state index is 0.520. The van der Waals surface area contributed by atoms with Crippen molar-refractivity contribution in [3.8, 4) is 0 Å². The van der Waals surface area contributed by atoms with Gasteiger partial charge in [-0.15, -0.1) is 0 Å². The molecule has 0 bridgehead atoms. The number of ether oxygens (including phenoxy) is 1. The van der Waals surface area contributed by atoms with E-state index in [2.05, 4.69) is 4.90 Å². The lowest BCUT2D eigenvalue weighted by Gasteiger charge is -2.41. The highest BCUT2D eigenvalue weighted by atomic mass is 16.5. The molecule has 1 atom stereocenters. The fourth-order valence-corrected chi connectivity index (χ4v) is 3.27. The molecule has 1 saturated heterocycles. The molecule has 0 aromatic heterocycles. The van der Waals surface area contributed by atoms with Crippen molar-refractivity contribution in [3.63, 3.8) is 0 Å². The fourth-order valence-electron chi connectivity index (χ4n) is 3.27. The number of piperidine rings is 1. The predicted octanol–water partition coefficient (Wildman–Crippen LogP) is 1.61. The summed E-state index contributed by atoms with van der Waals surface area (Å²) >= 11 is 0. The second-order valence-electron chi connectivity index (χ2n) is 5.41. The van der Waals surface area contributed by atoms with Gasteiger partial charge in [-0.05, 0) is 57.5 Å². The van der Waals surface area contributed by atoms with Crippen molar-refractivity contribution in [2.24, 2.45) is 11.7 Å². The maximum Gasteiger partial charge on any atom is 0.0572 e. The van der Waals surface area contributed by atoms with Crippen LogP contribution in [0.3, 0.4) is 0 Å². The van der Waals surface area contributed by atoms with Crippen LogP contribution >= 0.6 is 0 Å². The Labute approximate surface area is 99.3 Å². The summed E-state index contributed by atoms with van der Waals surface area (Å²) in [6, 6.07) is 0.806. The number of hydrogen-bond acceptors (Lipinski definition) is 3. The Balaban J connectivity index is 1.79. The number of rotatable bonds is 3. The maximum atomic E-state index is 5.79. The first kappa shape index (κ1) is 12.3. The average molecular weight is 226 g/mol. The van der Waals surface area contributed by atoms with E-state index in [4.69, 9.17) is 10.5 Å². The van der Waals surface area contributed by atoms with E-state index in [0.29, 0.717) is 6.10 Å². The Bertz CT molecular complexity index is 202. The van der Waals surface area contributed by atoms with Crippen LogP contribution in [0.2, 0.25) is 0 Å². The average Bonchev–Trinajstić information content (AvgIpc) is 2.39. The predicted molar refractivity (Wildman–Crippen MR) is 66.4 cm³/mol. The third-order valence-electron chi connectivity index (χ3n) is 4.38. The van der Waals surface area contributed by atoms with Crippen molar-refractivity contribution in [2.45, 2.75) is 50.7 Å². The molecule has 1 unspecified atom stereocenters. The van der Waals surface area contributed by atoms with Crippen LogP contribution in [-0.2, 0) is 4.74 Å². The van der Waals surface area contributed by atoms with Gasteiger partial charge in [0, 0.05) is 19.7 Å². The highest BCUT2D eigenvalue weighted by Crippen LogP contribution is 2.28. The van der Waals surface area contributed by atoms with Crippen LogP contribution in [0, 0.1) is 5.92 Å². The minimum absolute atomic E-state index is 0.520. The molecule has 0 aromatic rings. The van der Waals surface area contributed by atoms with Gasteiger partial charge >= 0.3 is 0 Å². The van der Waals surface area contributed by atoms with Gasteiger partial charge in [-0.2, -0.15) is 0 Å². The summed E-state index contributed by atoms with van der Waals surface area (Å²) in [5, 5.41) is 0. The van der Waals surface area contributed by atoms with Crippen molar-refractivity contribution < 1.29 is 4.74 Å². The van der Waals surface area contributed by atoms with Gasteiger partial charge in [-0.25, -0.2) is 0 Å². The van der Waals surface area contributed by atoms with Crippen molar-refractivity contribution in [1.29, 1.82) is 0 Å². The molecule has 2 aliphatic rings. The van der Waals surface area contributed by atoms with Gasteiger partial charge in [0.1, 0.15) is 0 Å². The van der Waals surface area contributed by atoms with Crippen LogP contribution in [-0.4, -0.2) is 43.8 Å². The summed E-state index contributed by atoms with van der Waals surface area (Å²) in [6.07, 6.45) is 8.31. The van der Waals surface area contributed by atoms with Gasteiger partial charge in [0.15, 0.2) is 0 Å². The second-order valence-corrected chi connectivity index (χ2v) is 5.41. The molecule has 3 heteroatoms. The minimum Gasteiger partial charge on any atom is -0.381 e. The van der Waals surface area contributed by atoms with Gasteiger partial charge < -0.3 is 15.4 Å². The molecule has 2 rings (SSSR count). The molecule has 0 amide bonds. The summed E-state index contributed by atoms with van der Waals surface area (Å²) in [5.41, 5.74) is 5.79. The molecule has 1 aliphatic carbocycles. The molecule has 2 fully saturated rings. The van der Waals surface area contributed by atoms with Crippen molar-refractivity contribution in [1.82, 2.24) is 4.90 Å². The van der Waals surface area contributed by atoms with E-state index in [1.165, 1.54) is 51.6 Å². The molecule has 0 spiro atoms. The maximum absolute atomic E-state index is 5.79. The molecule has 94 valence electrons. The van der Waals surface area contributed by atoms with Crippen molar-refractivity contribution in [2.75, 3.05) is 26.7 Å². The zero-order valence-electron chi connectivity index (χ0n) is 10.5. The summed E-state index contributed by atoms with van der Waals surface area (Å²) in [6.45, 7) is 3.39. The largest absolute Gasteiger partial charge is 0.381 e. The summed E-state index contributed by atoms with van der Waals surface area (Å²) in [4.78, 5) is 2.69. The van der Waals surface area contributed by atoms with Gasteiger partial charge in [0.2, 0.25) is 0 Å². The van der Waals surface area contributed by atoms with Crippen LogP contribution in [0.15, 0.2) is 0 Å². The molecule has 0 aromatic carbocycles. The Kier molecular flexibility index (Phi) is 4.62. The first-order chi connectivity index (χ1) is 7.83. The fraction of sp³-hybridized carbons (Fsp3) is 1.00. The number of methoxy groups -OCH3 is 1. The van der Waals surface area contributed by atoms with Crippen LogP contribution < -0.4 is 5.73 Å². The zero-order valence-corrected chi connectivity index (χ0v) is 10.5. The summed E-state index contributed by atoms with van der Waals surface area (Å²) in [7, 11) is 1.84. The Morgan fingerprint density at radius 3 is 2.56 bits per heavy atom. The zero-order chi connectivity index (χ0) is 11.4. The molecule has 0 radical (unpaired) electrons. The Morgan fingerprint density at radius 2 is 1.94 bits per heavy atom. The third-order valence-corrected chi connectivity index (χ3v) is 4.38. The van der Waals surface area contributed by atoms with E-state index in [1.807, 2.05) is 7.11 Å². The van der Waals surface area contributed by atoms with Crippen LogP contribution in [0.1, 0.15) is 38.5 Å². The van der Waals surface area contributed by atoms with E-state index in [-0.39, 0.29) is 0 Å². The standard InChI is InChI=1S/C13H26N2O/c1-16-13-6-4-12(5-7-13)15-8-2-3-11(9-14)10-15/h11-13H,2-10,14H2,1H3. The number of nitrogens with two attached hydrogens (primary N) is 1. The summed E-state index contributed by atoms with van der Waals surface area (Å²) < 4.78 is 5.43. The lowest BCUT2D eigenvalue weighted by Crippen LogP contribution is -2.46. The van der Waals surface area contributed by atoms with E-state index < -0.39 is 0 Å². The highest BCUT2D eigenvalue weighted by molar-refractivity contribution is 4.84. The molecule has 2 N–H and O–H groups in total. The molecule has 1 saturated carbocycles. The molecular formula is C13H26N2O. The van der Waals surface area contributed by atoms with Crippen molar-refractivity contribution >= 4 is 0 Å². The van der Waals surface area contributed by atoms with Crippen molar-refractivity contribution in [3.05, 3.63) is 0 Å². The van der Waals surface area contributed by atoms with Crippen LogP contribution in [0.5, 0.6) is 0 Å². The highest BCUT2D eigenvalue weighted by Gasteiger charge is 2.28. The van der Waals surface area contributed by atoms with Gasteiger partial charge in [0.25, 0.3) is 0 Å². The van der Waals surface area contributed by atoms with Crippen LogP contribution in [0.25, 0.3) is 0 Å². The second kappa shape index (κ2) is 5.99. The Morgan fingerprint density at radius 1 is 1.19 bits per heavy atom. The normalized spacial score (nSPS) is 37.5. The lowest BCUT2D eigenvalue weighted by molar-refractivity contribution is 0.0271. The van der Waals surface area contributed by atoms with E-state index in [0.717, 1.165) is 18.5 Å². The number of hydrogen-bond donors (Lipinski definition) is 1. The van der Waals surface area contributed by atoms with Gasteiger partial charge in [0.05, 0.1) is 6.10 Å². The molecular weight excluding hydrogens is 200 g/mol. The third kappa shape index (κ3) is 2.96. The smallest absolute Gasteiger partial charge is 0.0572 e. The molecule has 3 nitrogen and oxygen atoms in total.